The van der Waals surface area contributed by atoms with Crippen LogP contribution in [0.15, 0.2) is 53.4 Å². The first-order valence-corrected chi connectivity index (χ1v) is 12.1. The summed E-state index contributed by atoms with van der Waals surface area (Å²) in [6.07, 6.45) is 6.92. The number of benzene rings is 2. The van der Waals surface area contributed by atoms with Crippen LogP contribution in [-0.4, -0.2) is 27.0 Å². The van der Waals surface area contributed by atoms with Gasteiger partial charge >= 0.3 is 0 Å². The van der Waals surface area contributed by atoms with Crippen molar-refractivity contribution in [3.8, 4) is 5.75 Å². The first kappa shape index (κ1) is 20.9. The molecular weight excluding hydrogens is 400 g/mol. The van der Waals surface area contributed by atoms with Crippen molar-refractivity contribution in [2.75, 3.05) is 6.61 Å². The minimum Gasteiger partial charge on any atom is -0.484 e. The zero-order valence-corrected chi connectivity index (χ0v) is 17.8. The van der Waals surface area contributed by atoms with Crippen LogP contribution in [0, 0.1) is 0 Å². The molecule has 6 nitrogen and oxygen atoms in total. The molecule has 2 aliphatic carbocycles. The molecule has 0 radical (unpaired) electrons. The number of nitrogens with one attached hydrogen (secondary N) is 2. The van der Waals surface area contributed by atoms with E-state index in [-0.39, 0.29) is 29.5 Å². The molecule has 4 rings (SSSR count). The van der Waals surface area contributed by atoms with Crippen LogP contribution >= 0.6 is 0 Å². The first-order valence-electron chi connectivity index (χ1n) is 10.6. The largest absolute Gasteiger partial charge is 0.484 e. The minimum absolute atomic E-state index is 0.0141. The molecule has 7 heteroatoms. The Bertz CT molecular complexity index is 983. The lowest BCUT2D eigenvalue weighted by Crippen LogP contribution is -2.34. The Morgan fingerprint density at radius 2 is 1.70 bits per heavy atom. The molecule has 1 atom stereocenters. The Morgan fingerprint density at radius 3 is 2.47 bits per heavy atom. The molecule has 0 unspecified atom stereocenters. The van der Waals surface area contributed by atoms with E-state index in [1.807, 2.05) is 12.1 Å². The second-order valence-electron chi connectivity index (χ2n) is 8.07. The molecule has 0 saturated heterocycles. The highest BCUT2D eigenvalue weighted by Gasteiger charge is 2.23. The molecule has 1 saturated carbocycles. The summed E-state index contributed by atoms with van der Waals surface area (Å²) < 4.78 is 33.3. The molecule has 0 aromatic heterocycles. The van der Waals surface area contributed by atoms with Gasteiger partial charge in [0, 0.05) is 6.04 Å². The van der Waals surface area contributed by atoms with Gasteiger partial charge < -0.3 is 10.1 Å². The fraction of sp³-hybridized carbons (Fsp3) is 0.435. The molecular formula is C23H28N2O4S. The van der Waals surface area contributed by atoms with E-state index in [0.29, 0.717) is 5.75 Å². The van der Waals surface area contributed by atoms with Crippen LogP contribution in [-0.2, 0) is 21.2 Å². The summed E-state index contributed by atoms with van der Waals surface area (Å²) in [4.78, 5) is 12.6. The lowest BCUT2D eigenvalue weighted by atomic mass is 9.88. The average molecular weight is 429 g/mol. The quantitative estimate of drug-likeness (QED) is 0.707. The predicted octanol–water partition coefficient (Wildman–Crippen LogP) is 3.48. The maximum absolute atomic E-state index is 12.5. The molecule has 2 aromatic rings. The number of amides is 1. The molecule has 1 fully saturated rings. The van der Waals surface area contributed by atoms with E-state index in [1.165, 1.54) is 23.3 Å². The molecule has 2 aromatic carbocycles. The van der Waals surface area contributed by atoms with E-state index in [2.05, 4.69) is 22.2 Å². The number of rotatable bonds is 7. The smallest absolute Gasteiger partial charge is 0.258 e. The van der Waals surface area contributed by atoms with Gasteiger partial charge in [-0.3, -0.25) is 4.79 Å². The van der Waals surface area contributed by atoms with Crippen LogP contribution in [0.1, 0.15) is 55.7 Å². The minimum atomic E-state index is -3.52. The Kier molecular flexibility index (Phi) is 6.39. The number of hydrogen-bond acceptors (Lipinski definition) is 4. The Labute approximate surface area is 178 Å². The van der Waals surface area contributed by atoms with Crippen LogP contribution < -0.4 is 14.8 Å². The second-order valence-corrected chi connectivity index (χ2v) is 9.79. The van der Waals surface area contributed by atoms with E-state index in [0.717, 1.165) is 44.9 Å². The molecule has 2 aliphatic rings. The third kappa shape index (κ3) is 5.02. The number of fused-ring (bicyclic) bond motifs is 1. The van der Waals surface area contributed by atoms with E-state index in [1.54, 1.807) is 12.1 Å². The van der Waals surface area contributed by atoms with Crippen LogP contribution in [0.4, 0.5) is 0 Å². The molecule has 0 aliphatic heterocycles. The molecule has 0 spiro atoms. The maximum atomic E-state index is 12.5. The fourth-order valence-corrected chi connectivity index (χ4v) is 5.64. The number of carbonyl (C=O) groups excluding carboxylic acids is 1. The van der Waals surface area contributed by atoms with Gasteiger partial charge in [-0.05, 0) is 67.5 Å². The standard InChI is InChI=1S/C23H28N2O4S/c26-23(24-22-11-5-7-17-6-1-4-10-21(17)22)16-29-19-12-14-20(15-13-19)30(27,28)25-18-8-2-3-9-18/h1,4,6,10,12-15,18,22,25H,2-3,5,7-9,11,16H2,(H,24,26)/t22-/m1/s1. The van der Waals surface area contributed by atoms with Gasteiger partial charge in [0.15, 0.2) is 6.61 Å². The highest BCUT2D eigenvalue weighted by Crippen LogP contribution is 2.29. The monoisotopic (exact) mass is 428 g/mol. The van der Waals surface area contributed by atoms with Crippen molar-refractivity contribution in [3.63, 3.8) is 0 Å². The van der Waals surface area contributed by atoms with E-state index in [4.69, 9.17) is 4.74 Å². The van der Waals surface area contributed by atoms with Gasteiger partial charge in [-0.2, -0.15) is 0 Å². The summed E-state index contributed by atoms with van der Waals surface area (Å²) in [6.45, 7) is -0.106. The normalized spacial score (nSPS) is 19.3. The summed E-state index contributed by atoms with van der Waals surface area (Å²) >= 11 is 0. The van der Waals surface area contributed by atoms with Crippen molar-refractivity contribution in [2.45, 2.75) is 61.9 Å². The van der Waals surface area contributed by atoms with Gasteiger partial charge in [-0.25, -0.2) is 13.1 Å². The lowest BCUT2D eigenvalue weighted by Gasteiger charge is -2.26. The van der Waals surface area contributed by atoms with Gasteiger partial charge in [0.25, 0.3) is 5.91 Å². The lowest BCUT2D eigenvalue weighted by molar-refractivity contribution is -0.124. The molecule has 2 N–H and O–H groups in total. The summed E-state index contributed by atoms with van der Waals surface area (Å²) in [6, 6.07) is 14.5. The number of ether oxygens (including phenoxy) is 1. The Hall–Kier alpha value is -2.38. The summed E-state index contributed by atoms with van der Waals surface area (Å²) in [5.74, 6) is 0.283. The SMILES string of the molecule is O=C(COc1ccc(S(=O)(=O)NC2CCCC2)cc1)N[C@@H]1CCCc2ccccc21. The zero-order chi connectivity index (χ0) is 21.0. The van der Waals surface area contributed by atoms with Crippen LogP contribution in [0.25, 0.3) is 0 Å². The molecule has 30 heavy (non-hydrogen) atoms. The molecule has 1 amide bonds. The van der Waals surface area contributed by atoms with Gasteiger partial charge in [-0.15, -0.1) is 0 Å². The van der Waals surface area contributed by atoms with E-state index < -0.39 is 10.0 Å². The van der Waals surface area contributed by atoms with E-state index in [9.17, 15) is 13.2 Å². The predicted molar refractivity (Wildman–Crippen MR) is 115 cm³/mol. The van der Waals surface area contributed by atoms with Gasteiger partial charge in [0.2, 0.25) is 10.0 Å². The summed E-state index contributed by atoms with van der Waals surface area (Å²) in [7, 11) is -3.52. The topological polar surface area (TPSA) is 84.5 Å². The summed E-state index contributed by atoms with van der Waals surface area (Å²) in [5, 5.41) is 3.05. The van der Waals surface area contributed by atoms with Gasteiger partial charge in [0.05, 0.1) is 10.9 Å². The van der Waals surface area contributed by atoms with Gasteiger partial charge in [0.1, 0.15) is 5.75 Å². The third-order valence-electron chi connectivity index (χ3n) is 5.89. The molecule has 0 heterocycles. The van der Waals surface area contributed by atoms with Gasteiger partial charge in [-0.1, -0.05) is 37.1 Å². The first-order chi connectivity index (χ1) is 14.5. The summed E-state index contributed by atoms with van der Waals surface area (Å²) in [5.41, 5.74) is 2.47. The van der Waals surface area contributed by atoms with Crippen LogP contribution in [0.2, 0.25) is 0 Å². The Morgan fingerprint density at radius 1 is 0.967 bits per heavy atom. The van der Waals surface area contributed by atoms with Crippen LogP contribution in [0.5, 0.6) is 5.75 Å². The highest BCUT2D eigenvalue weighted by molar-refractivity contribution is 7.89. The molecule has 160 valence electrons. The number of carbonyl (C=O) groups is 1. The fourth-order valence-electron chi connectivity index (χ4n) is 4.33. The van der Waals surface area contributed by atoms with Crippen molar-refractivity contribution in [1.29, 1.82) is 0 Å². The highest BCUT2D eigenvalue weighted by atomic mass is 32.2. The number of aryl methyl sites for hydroxylation is 1. The van der Waals surface area contributed by atoms with E-state index >= 15 is 0 Å². The van der Waals surface area contributed by atoms with Crippen molar-refractivity contribution in [2.24, 2.45) is 0 Å². The number of sulfonamides is 1. The van der Waals surface area contributed by atoms with Crippen molar-refractivity contribution < 1.29 is 17.9 Å². The van der Waals surface area contributed by atoms with Crippen molar-refractivity contribution in [3.05, 3.63) is 59.7 Å². The second kappa shape index (κ2) is 9.18. The maximum Gasteiger partial charge on any atom is 0.258 e. The third-order valence-corrected chi connectivity index (χ3v) is 7.42. The zero-order valence-electron chi connectivity index (χ0n) is 17.0. The van der Waals surface area contributed by atoms with Crippen LogP contribution in [0.3, 0.4) is 0 Å². The van der Waals surface area contributed by atoms with Crippen molar-refractivity contribution >= 4 is 15.9 Å². The average Bonchev–Trinajstić information content (AvgIpc) is 3.25. The van der Waals surface area contributed by atoms with Crippen molar-refractivity contribution in [1.82, 2.24) is 10.0 Å². The molecule has 0 bridgehead atoms. The Balaban J connectivity index is 1.30. The number of hydrogen-bond donors (Lipinski definition) is 2.